The number of carboxylic acid groups (broad SMARTS) is 1. The van der Waals surface area contributed by atoms with E-state index in [0.29, 0.717) is 10.6 Å². The van der Waals surface area contributed by atoms with Gasteiger partial charge in [0.05, 0.1) is 0 Å². The van der Waals surface area contributed by atoms with Crippen LogP contribution in [0.2, 0.25) is 5.02 Å². The summed E-state index contributed by atoms with van der Waals surface area (Å²) in [5.74, 6) is -1.50. The van der Waals surface area contributed by atoms with Crippen LogP contribution in [0.3, 0.4) is 0 Å². The summed E-state index contributed by atoms with van der Waals surface area (Å²) in [6, 6.07) is 12.8. The Morgan fingerprint density at radius 1 is 1.18 bits per heavy atom. The van der Waals surface area contributed by atoms with Gasteiger partial charge in [-0.1, -0.05) is 23.7 Å². The number of hydrogen-bond donors (Lipinski definition) is 2. The van der Waals surface area contributed by atoms with E-state index in [1.54, 1.807) is 24.3 Å². The maximum absolute atomic E-state index is 12.1. The third-order valence-corrected chi connectivity index (χ3v) is 3.96. The fourth-order valence-electron chi connectivity index (χ4n) is 1.94. The van der Waals surface area contributed by atoms with E-state index in [9.17, 15) is 14.7 Å². The van der Waals surface area contributed by atoms with Crippen molar-refractivity contribution in [3.8, 4) is 0 Å². The van der Waals surface area contributed by atoms with Crippen molar-refractivity contribution < 1.29 is 14.7 Å². The Bertz CT molecular complexity index is 688. The quantitative estimate of drug-likeness (QED) is 0.716. The minimum absolute atomic E-state index is 0.228. The van der Waals surface area contributed by atoms with Gasteiger partial charge in [0.15, 0.2) is 0 Å². The van der Waals surface area contributed by atoms with Gasteiger partial charge in [0.25, 0.3) is 5.91 Å². The third-order valence-electron chi connectivity index (χ3n) is 3.04. The molecule has 6 heteroatoms. The number of benzene rings is 2. The van der Waals surface area contributed by atoms with Crippen LogP contribution in [0.1, 0.15) is 15.9 Å². The minimum atomic E-state index is -1.07. The fourth-order valence-corrected chi connectivity index (χ4v) is 2.68. The van der Waals surface area contributed by atoms with E-state index >= 15 is 0 Å². The van der Waals surface area contributed by atoms with Crippen molar-refractivity contribution in [1.82, 2.24) is 5.32 Å². The zero-order valence-corrected chi connectivity index (χ0v) is 14.3. The molecule has 0 saturated heterocycles. The number of aliphatic carboxylic acids is 1. The van der Waals surface area contributed by atoms with Crippen LogP contribution >= 0.6 is 34.2 Å². The van der Waals surface area contributed by atoms with E-state index < -0.39 is 17.9 Å². The summed E-state index contributed by atoms with van der Waals surface area (Å²) in [5.41, 5.74) is 1.23. The molecule has 0 fully saturated rings. The zero-order chi connectivity index (χ0) is 16.1. The summed E-state index contributed by atoms with van der Waals surface area (Å²) < 4.78 is 1.02. The molecular formula is C16H13ClINO3. The highest BCUT2D eigenvalue weighted by Crippen LogP contribution is 2.12. The van der Waals surface area contributed by atoms with E-state index in [-0.39, 0.29) is 6.42 Å². The molecule has 1 atom stereocenters. The van der Waals surface area contributed by atoms with Crippen molar-refractivity contribution in [2.45, 2.75) is 12.5 Å². The average molecular weight is 430 g/mol. The second kappa shape index (κ2) is 7.60. The highest BCUT2D eigenvalue weighted by Gasteiger charge is 2.21. The zero-order valence-electron chi connectivity index (χ0n) is 11.4. The van der Waals surface area contributed by atoms with Crippen LogP contribution in [-0.2, 0) is 11.2 Å². The van der Waals surface area contributed by atoms with Gasteiger partial charge in [0.1, 0.15) is 6.04 Å². The number of carboxylic acids is 1. The van der Waals surface area contributed by atoms with Gasteiger partial charge in [0.2, 0.25) is 0 Å². The normalized spacial score (nSPS) is 11.7. The first-order chi connectivity index (χ1) is 10.5. The van der Waals surface area contributed by atoms with Crippen molar-refractivity contribution in [2.24, 2.45) is 0 Å². The first-order valence-electron chi connectivity index (χ1n) is 6.49. The second-order valence-corrected chi connectivity index (χ2v) is 6.39. The molecule has 0 spiro atoms. The van der Waals surface area contributed by atoms with Crippen molar-refractivity contribution in [1.29, 1.82) is 0 Å². The number of amides is 1. The molecule has 0 aliphatic rings. The molecule has 1 amide bonds. The lowest BCUT2D eigenvalue weighted by atomic mass is 10.1. The van der Waals surface area contributed by atoms with Crippen LogP contribution in [0.5, 0.6) is 0 Å². The third kappa shape index (κ3) is 4.71. The summed E-state index contributed by atoms with van der Waals surface area (Å²) in [6.07, 6.45) is 0.228. The Morgan fingerprint density at radius 3 is 2.45 bits per heavy atom. The molecule has 114 valence electrons. The molecule has 0 heterocycles. The Hall–Kier alpha value is -1.60. The minimum Gasteiger partial charge on any atom is -0.480 e. The molecule has 2 rings (SSSR count). The number of carbonyl (C=O) groups excluding carboxylic acids is 1. The molecule has 0 aliphatic heterocycles. The van der Waals surface area contributed by atoms with Gasteiger partial charge in [-0.25, -0.2) is 4.79 Å². The Balaban J connectivity index is 2.10. The number of nitrogens with one attached hydrogen (secondary N) is 1. The predicted octanol–water partition coefficient (Wildman–Crippen LogP) is 3.37. The topological polar surface area (TPSA) is 66.4 Å². The highest BCUT2D eigenvalue weighted by molar-refractivity contribution is 14.1. The van der Waals surface area contributed by atoms with Crippen LogP contribution in [0, 0.1) is 3.57 Å². The van der Waals surface area contributed by atoms with Crippen molar-refractivity contribution in [3.05, 3.63) is 68.3 Å². The molecule has 4 nitrogen and oxygen atoms in total. The van der Waals surface area contributed by atoms with Crippen LogP contribution in [0.15, 0.2) is 48.5 Å². The van der Waals surface area contributed by atoms with Gasteiger partial charge in [-0.2, -0.15) is 0 Å². The van der Waals surface area contributed by atoms with Gasteiger partial charge in [-0.15, -0.1) is 0 Å². The summed E-state index contributed by atoms with van der Waals surface area (Å²) >= 11 is 7.93. The lowest BCUT2D eigenvalue weighted by Crippen LogP contribution is -2.42. The molecule has 0 bridgehead atoms. The maximum atomic E-state index is 12.1. The summed E-state index contributed by atoms with van der Waals surface area (Å²) in [6.45, 7) is 0. The molecule has 0 aromatic heterocycles. The fraction of sp³-hybridized carbons (Fsp3) is 0.125. The summed E-state index contributed by atoms with van der Waals surface area (Å²) in [5, 5.41) is 12.4. The standard InChI is InChI=1S/C16H13ClINO3/c17-12-6-4-11(5-7-12)15(20)19-14(16(21)22)9-10-2-1-3-13(18)8-10/h1-8,14H,9H2,(H,19,20)(H,21,22)/t14-/m0/s1. The van der Waals surface area contributed by atoms with Gasteiger partial charge in [-0.3, -0.25) is 4.79 Å². The average Bonchev–Trinajstić information content (AvgIpc) is 2.47. The van der Waals surface area contributed by atoms with E-state index in [1.165, 1.54) is 0 Å². The molecule has 0 unspecified atom stereocenters. The largest absolute Gasteiger partial charge is 0.480 e. The van der Waals surface area contributed by atoms with Crippen molar-refractivity contribution in [2.75, 3.05) is 0 Å². The lowest BCUT2D eigenvalue weighted by molar-refractivity contribution is -0.139. The van der Waals surface area contributed by atoms with Crippen LogP contribution in [-0.4, -0.2) is 23.0 Å². The summed E-state index contributed by atoms with van der Waals surface area (Å²) in [7, 11) is 0. The monoisotopic (exact) mass is 429 g/mol. The number of halogens is 2. The van der Waals surface area contributed by atoms with E-state index in [4.69, 9.17) is 11.6 Å². The summed E-state index contributed by atoms with van der Waals surface area (Å²) in [4.78, 5) is 23.5. The number of hydrogen-bond acceptors (Lipinski definition) is 2. The molecular weight excluding hydrogens is 417 g/mol. The molecule has 2 aromatic rings. The first-order valence-corrected chi connectivity index (χ1v) is 7.95. The maximum Gasteiger partial charge on any atom is 0.326 e. The Kier molecular flexibility index (Phi) is 5.79. The van der Waals surface area contributed by atoms with Crippen molar-refractivity contribution >= 4 is 46.1 Å². The van der Waals surface area contributed by atoms with Gasteiger partial charge < -0.3 is 10.4 Å². The molecule has 2 N–H and O–H groups in total. The number of rotatable bonds is 5. The number of carbonyl (C=O) groups is 2. The van der Waals surface area contributed by atoms with E-state index in [1.807, 2.05) is 24.3 Å². The first kappa shape index (κ1) is 16.8. The van der Waals surface area contributed by atoms with Gasteiger partial charge in [0, 0.05) is 20.6 Å². The molecule has 0 aliphatic carbocycles. The van der Waals surface area contributed by atoms with Gasteiger partial charge in [-0.05, 0) is 64.6 Å². The highest BCUT2D eigenvalue weighted by atomic mass is 127. The second-order valence-electron chi connectivity index (χ2n) is 4.71. The SMILES string of the molecule is O=C(N[C@@H](Cc1cccc(I)c1)C(=O)O)c1ccc(Cl)cc1. The molecule has 2 aromatic carbocycles. The lowest BCUT2D eigenvalue weighted by Gasteiger charge is -2.15. The molecule has 0 saturated carbocycles. The van der Waals surface area contributed by atoms with E-state index in [0.717, 1.165) is 9.13 Å². The Morgan fingerprint density at radius 2 is 1.86 bits per heavy atom. The van der Waals surface area contributed by atoms with Crippen molar-refractivity contribution in [3.63, 3.8) is 0 Å². The smallest absolute Gasteiger partial charge is 0.326 e. The Labute approximate surface area is 146 Å². The predicted molar refractivity (Wildman–Crippen MR) is 93.2 cm³/mol. The van der Waals surface area contributed by atoms with Crippen LogP contribution in [0.4, 0.5) is 0 Å². The van der Waals surface area contributed by atoms with Crippen LogP contribution in [0.25, 0.3) is 0 Å². The molecule has 0 radical (unpaired) electrons. The molecule has 22 heavy (non-hydrogen) atoms. The van der Waals surface area contributed by atoms with Crippen LogP contribution < -0.4 is 5.32 Å². The van der Waals surface area contributed by atoms with Gasteiger partial charge >= 0.3 is 5.97 Å². The van der Waals surface area contributed by atoms with E-state index in [2.05, 4.69) is 27.9 Å².